The molecule has 16 heavy (non-hydrogen) atoms. The fraction of sp³-hybridized carbons (Fsp3) is 0.917. The number of hydrogen-bond donors (Lipinski definition) is 1. The van der Waals surface area contributed by atoms with Gasteiger partial charge in [-0.2, -0.15) is 0 Å². The molecule has 1 saturated heterocycles. The third-order valence-corrected chi connectivity index (χ3v) is 3.90. The van der Waals surface area contributed by atoms with E-state index in [-0.39, 0.29) is 11.6 Å². The summed E-state index contributed by atoms with van der Waals surface area (Å²) in [7, 11) is 1.71. The largest absolute Gasteiger partial charge is 0.385 e. The molecule has 2 amide bonds. The van der Waals surface area contributed by atoms with Gasteiger partial charge in [-0.1, -0.05) is 19.3 Å². The van der Waals surface area contributed by atoms with Gasteiger partial charge >= 0.3 is 6.03 Å². The normalized spacial score (nSPS) is 23.8. The molecule has 0 unspecified atom stereocenters. The first kappa shape index (κ1) is 11.7. The lowest BCUT2D eigenvalue weighted by atomic mass is 9.81. The van der Waals surface area contributed by atoms with Gasteiger partial charge in [-0.3, -0.25) is 0 Å². The zero-order valence-corrected chi connectivity index (χ0v) is 10.1. The van der Waals surface area contributed by atoms with Gasteiger partial charge in [-0.05, 0) is 19.3 Å². The Morgan fingerprint density at radius 3 is 2.81 bits per heavy atom. The lowest BCUT2D eigenvalue weighted by molar-refractivity contribution is 0.106. The molecule has 4 heteroatoms. The Balaban J connectivity index is 1.97. The minimum atomic E-state index is 0.123. The maximum Gasteiger partial charge on any atom is 0.318 e. The van der Waals surface area contributed by atoms with Crippen LogP contribution in [0, 0.1) is 0 Å². The summed E-state index contributed by atoms with van der Waals surface area (Å²) < 4.78 is 5.05. The quantitative estimate of drug-likeness (QED) is 0.742. The molecule has 1 saturated carbocycles. The first-order chi connectivity index (χ1) is 7.78. The Morgan fingerprint density at radius 2 is 2.12 bits per heavy atom. The van der Waals surface area contributed by atoms with E-state index < -0.39 is 0 Å². The smallest absolute Gasteiger partial charge is 0.318 e. The van der Waals surface area contributed by atoms with Crippen molar-refractivity contribution in [3.05, 3.63) is 0 Å². The molecular formula is C12H22N2O2. The van der Waals surface area contributed by atoms with Crippen LogP contribution in [0.1, 0.15) is 38.5 Å². The van der Waals surface area contributed by atoms with Crippen LogP contribution in [0.15, 0.2) is 0 Å². The van der Waals surface area contributed by atoms with Crippen molar-refractivity contribution < 1.29 is 9.53 Å². The minimum absolute atomic E-state index is 0.123. The zero-order valence-electron chi connectivity index (χ0n) is 10.1. The number of ether oxygens (including phenoxy) is 1. The Hall–Kier alpha value is -0.770. The van der Waals surface area contributed by atoms with Crippen LogP contribution in [0.4, 0.5) is 4.79 Å². The van der Waals surface area contributed by atoms with Gasteiger partial charge in [-0.15, -0.1) is 0 Å². The summed E-state index contributed by atoms with van der Waals surface area (Å²) in [6.45, 7) is 2.42. The summed E-state index contributed by atoms with van der Waals surface area (Å²) >= 11 is 0. The maximum atomic E-state index is 11.8. The number of carbonyl (C=O) groups excluding carboxylic acids is 1. The molecule has 2 fully saturated rings. The number of rotatable bonds is 4. The van der Waals surface area contributed by atoms with E-state index in [9.17, 15) is 4.79 Å². The van der Waals surface area contributed by atoms with Crippen LogP contribution in [0.2, 0.25) is 0 Å². The van der Waals surface area contributed by atoms with E-state index >= 15 is 0 Å². The van der Waals surface area contributed by atoms with Crippen molar-refractivity contribution in [1.82, 2.24) is 10.2 Å². The van der Waals surface area contributed by atoms with Crippen LogP contribution >= 0.6 is 0 Å². The van der Waals surface area contributed by atoms with E-state index in [2.05, 4.69) is 10.2 Å². The van der Waals surface area contributed by atoms with E-state index in [0.717, 1.165) is 26.1 Å². The second kappa shape index (κ2) is 5.04. The van der Waals surface area contributed by atoms with Crippen molar-refractivity contribution in [2.45, 2.75) is 44.1 Å². The van der Waals surface area contributed by atoms with Crippen LogP contribution in [-0.2, 0) is 4.74 Å². The highest BCUT2D eigenvalue weighted by atomic mass is 16.5. The van der Waals surface area contributed by atoms with Crippen molar-refractivity contribution in [3.8, 4) is 0 Å². The Bertz CT molecular complexity index is 249. The van der Waals surface area contributed by atoms with Crippen molar-refractivity contribution in [1.29, 1.82) is 0 Å². The maximum absolute atomic E-state index is 11.8. The van der Waals surface area contributed by atoms with Gasteiger partial charge < -0.3 is 15.0 Å². The molecule has 2 rings (SSSR count). The number of methoxy groups -OCH3 is 1. The van der Waals surface area contributed by atoms with Crippen molar-refractivity contribution in [2.75, 3.05) is 26.8 Å². The monoisotopic (exact) mass is 226 g/mol. The van der Waals surface area contributed by atoms with Gasteiger partial charge in [0.2, 0.25) is 0 Å². The van der Waals surface area contributed by atoms with Gasteiger partial charge in [-0.25, -0.2) is 4.79 Å². The number of urea groups is 1. The Morgan fingerprint density at radius 1 is 1.38 bits per heavy atom. The second-order valence-corrected chi connectivity index (χ2v) is 4.94. The predicted molar refractivity (Wildman–Crippen MR) is 62.4 cm³/mol. The molecule has 0 atom stereocenters. The van der Waals surface area contributed by atoms with Gasteiger partial charge in [0.05, 0.1) is 5.54 Å². The fourth-order valence-electron chi connectivity index (χ4n) is 3.01. The average Bonchev–Trinajstić information content (AvgIpc) is 2.60. The van der Waals surface area contributed by atoms with Crippen molar-refractivity contribution >= 4 is 6.03 Å². The van der Waals surface area contributed by atoms with Crippen LogP contribution in [0.3, 0.4) is 0 Å². The van der Waals surface area contributed by atoms with E-state index in [1.54, 1.807) is 7.11 Å². The Kier molecular flexibility index (Phi) is 3.69. The predicted octanol–water partition coefficient (Wildman–Crippen LogP) is 1.75. The highest BCUT2D eigenvalue weighted by Gasteiger charge is 2.45. The minimum Gasteiger partial charge on any atom is -0.385 e. The van der Waals surface area contributed by atoms with E-state index in [4.69, 9.17) is 4.74 Å². The first-order valence-electron chi connectivity index (χ1n) is 6.33. The lowest BCUT2D eigenvalue weighted by Gasteiger charge is -2.40. The molecule has 1 aliphatic carbocycles. The first-order valence-corrected chi connectivity index (χ1v) is 6.33. The lowest BCUT2D eigenvalue weighted by Crippen LogP contribution is -2.49. The molecule has 2 aliphatic rings. The molecular weight excluding hydrogens is 204 g/mol. The number of nitrogens with one attached hydrogen (secondary N) is 1. The highest BCUT2D eigenvalue weighted by molar-refractivity contribution is 5.78. The van der Waals surface area contributed by atoms with Gasteiger partial charge in [0.1, 0.15) is 0 Å². The number of nitrogens with zero attached hydrogens (tertiary/aromatic N) is 1. The molecule has 0 aromatic carbocycles. The van der Waals surface area contributed by atoms with Gasteiger partial charge in [0.25, 0.3) is 0 Å². The second-order valence-electron chi connectivity index (χ2n) is 4.94. The SMILES string of the molecule is COCCCN1C(=O)NCC12CCCCC2. The zero-order chi connectivity index (χ0) is 11.4. The molecule has 0 aromatic heterocycles. The molecule has 0 radical (unpaired) electrons. The molecule has 1 aliphatic heterocycles. The third-order valence-electron chi connectivity index (χ3n) is 3.90. The standard InChI is InChI=1S/C12H22N2O2/c1-16-9-5-8-14-11(15)13-10-12(14)6-3-2-4-7-12/h2-10H2,1H3,(H,13,15). The van der Waals surface area contributed by atoms with Crippen LogP contribution in [-0.4, -0.2) is 43.3 Å². The summed E-state index contributed by atoms with van der Waals surface area (Å²) in [5, 5.41) is 3.00. The summed E-state index contributed by atoms with van der Waals surface area (Å²) in [6.07, 6.45) is 7.11. The summed E-state index contributed by atoms with van der Waals surface area (Å²) in [5.74, 6) is 0. The van der Waals surface area contributed by atoms with Crippen molar-refractivity contribution in [2.24, 2.45) is 0 Å². The molecule has 0 aromatic rings. The topological polar surface area (TPSA) is 41.6 Å². The molecule has 0 bridgehead atoms. The molecule has 1 N–H and O–H groups in total. The Labute approximate surface area is 97.3 Å². The third kappa shape index (κ3) is 2.17. The van der Waals surface area contributed by atoms with E-state index in [1.165, 1.54) is 32.1 Å². The van der Waals surface area contributed by atoms with Gasteiger partial charge in [0, 0.05) is 26.8 Å². The number of amides is 2. The van der Waals surface area contributed by atoms with Crippen molar-refractivity contribution in [3.63, 3.8) is 0 Å². The number of hydrogen-bond acceptors (Lipinski definition) is 2. The van der Waals surface area contributed by atoms with E-state index in [0.29, 0.717) is 0 Å². The molecule has 4 nitrogen and oxygen atoms in total. The van der Waals surface area contributed by atoms with E-state index in [1.807, 2.05) is 0 Å². The molecule has 1 spiro atoms. The molecule has 92 valence electrons. The summed E-state index contributed by atoms with van der Waals surface area (Å²) in [6, 6.07) is 0.123. The van der Waals surface area contributed by atoms with Crippen LogP contribution < -0.4 is 5.32 Å². The van der Waals surface area contributed by atoms with Crippen LogP contribution in [0.25, 0.3) is 0 Å². The van der Waals surface area contributed by atoms with Gasteiger partial charge in [0.15, 0.2) is 0 Å². The fourth-order valence-corrected chi connectivity index (χ4v) is 3.01. The molecule has 1 heterocycles. The highest BCUT2D eigenvalue weighted by Crippen LogP contribution is 2.36. The summed E-state index contributed by atoms with van der Waals surface area (Å²) in [5.41, 5.74) is 0.128. The number of carbonyl (C=O) groups is 1. The van der Waals surface area contributed by atoms with Crippen LogP contribution in [0.5, 0.6) is 0 Å². The average molecular weight is 226 g/mol. The summed E-state index contributed by atoms with van der Waals surface area (Å²) in [4.78, 5) is 13.9.